The molecule has 0 saturated carbocycles. The van der Waals surface area contributed by atoms with Crippen molar-refractivity contribution in [2.75, 3.05) is 19.6 Å². The highest BCUT2D eigenvalue weighted by atomic mass is 16.2. The molecular formula is C13H26N2O. The van der Waals surface area contributed by atoms with Gasteiger partial charge in [-0.3, -0.25) is 4.79 Å². The topological polar surface area (TPSA) is 46.3 Å². The van der Waals surface area contributed by atoms with E-state index < -0.39 is 0 Å². The monoisotopic (exact) mass is 226 g/mol. The first-order chi connectivity index (χ1) is 7.61. The summed E-state index contributed by atoms with van der Waals surface area (Å²) in [5.41, 5.74) is 5.41. The summed E-state index contributed by atoms with van der Waals surface area (Å²) in [6, 6.07) is 0. The second-order valence-corrected chi connectivity index (χ2v) is 4.23. The molecule has 0 aliphatic carbocycles. The Morgan fingerprint density at radius 2 is 1.94 bits per heavy atom. The normalized spacial score (nSPS) is 11.2. The van der Waals surface area contributed by atoms with Crippen LogP contribution in [0.3, 0.4) is 0 Å². The van der Waals surface area contributed by atoms with Crippen LogP contribution in [0.25, 0.3) is 0 Å². The molecule has 0 aromatic heterocycles. The molecule has 0 spiro atoms. The van der Waals surface area contributed by atoms with Gasteiger partial charge in [0.25, 0.3) is 0 Å². The molecule has 0 aromatic rings. The predicted octanol–water partition coefficient (Wildman–Crippen LogP) is 2.18. The number of nitrogens with two attached hydrogens (primary N) is 1. The number of amides is 1. The van der Waals surface area contributed by atoms with Gasteiger partial charge in [-0.15, -0.1) is 6.58 Å². The van der Waals surface area contributed by atoms with Crippen LogP contribution >= 0.6 is 0 Å². The van der Waals surface area contributed by atoms with Crippen molar-refractivity contribution in [2.45, 2.75) is 40.0 Å². The Balaban J connectivity index is 4.85. The molecule has 2 N–H and O–H groups in total. The summed E-state index contributed by atoms with van der Waals surface area (Å²) in [6.07, 6.45) is 4.35. The highest BCUT2D eigenvalue weighted by Crippen LogP contribution is 2.27. The number of carbonyl (C=O) groups is 1. The molecule has 94 valence electrons. The third-order valence-corrected chi connectivity index (χ3v) is 3.33. The zero-order valence-electron chi connectivity index (χ0n) is 11.0. The third-order valence-electron chi connectivity index (χ3n) is 3.33. The van der Waals surface area contributed by atoms with Crippen molar-refractivity contribution in [3.05, 3.63) is 12.7 Å². The lowest BCUT2D eigenvalue weighted by Crippen LogP contribution is -2.47. The Labute approximate surface area is 99.7 Å². The van der Waals surface area contributed by atoms with Crippen molar-refractivity contribution in [1.29, 1.82) is 0 Å². The van der Waals surface area contributed by atoms with Crippen molar-refractivity contribution >= 4 is 5.91 Å². The molecule has 0 atom stereocenters. The van der Waals surface area contributed by atoms with Crippen LogP contribution in [0.4, 0.5) is 0 Å². The largest absolute Gasteiger partial charge is 0.338 e. The van der Waals surface area contributed by atoms with E-state index in [1.807, 2.05) is 18.7 Å². The van der Waals surface area contributed by atoms with Crippen molar-refractivity contribution in [1.82, 2.24) is 4.90 Å². The molecule has 1 amide bonds. The maximum absolute atomic E-state index is 12.4. The van der Waals surface area contributed by atoms with Crippen molar-refractivity contribution in [3.63, 3.8) is 0 Å². The summed E-state index contributed by atoms with van der Waals surface area (Å²) >= 11 is 0. The fourth-order valence-electron chi connectivity index (χ4n) is 1.97. The van der Waals surface area contributed by atoms with Crippen LogP contribution in [0, 0.1) is 5.41 Å². The van der Waals surface area contributed by atoms with Gasteiger partial charge in [0.2, 0.25) is 5.91 Å². The van der Waals surface area contributed by atoms with E-state index in [9.17, 15) is 4.79 Å². The SMILES string of the molecule is C=CCN(CCC)C(=O)C(CC)(CC)CN. The Hall–Kier alpha value is -0.830. The quantitative estimate of drug-likeness (QED) is 0.645. The van der Waals surface area contributed by atoms with Gasteiger partial charge in [-0.05, 0) is 19.3 Å². The molecule has 0 radical (unpaired) electrons. The zero-order valence-corrected chi connectivity index (χ0v) is 11.0. The van der Waals surface area contributed by atoms with E-state index in [1.165, 1.54) is 0 Å². The predicted molar refractivity (Wildman–Crippen MR) is 69.1 cm³/mol. The van der Waals surface area contributed by atoms with E-state index in [0.29, 0.717) is 13.1 Å². The lowest BCUT2D eigenvalue weighted by Gasteiger charge is -2.34. The molecule has 3 nitrogen and oxygen atoms in total. The standard InChI is InChI=1S/C13H26N2O/c1-5-9-15(10-6-2)12(16)13(7-3,8-4)11-14/h5H,1,6-11,14H2,2-4H3. The molecule has 0 aliphatic rings. The molecular weight excluding hydrogens is 200 g/mol. The van der Waals surface area contributed by atoms with Crippen LogP contribution in [-0.2, 0) is 4.79 Å². The number of hydrogen-bond acceptors (Lipinski definition) is 2. The molecule has 0 bridgehead atoms. The fraction of sp³-hybridized carbons (Fsp3) is 0.769. The molecule has 0 unspecified atom stereocenters. The summed E-state index contributed by atoms with van der Waals surface area (Å²) in [5.74, 6) is 0.182. The van der Waals surface area contributed by atoms with Crippen LogP contribution in [0.1, 0.15) is 40.0 Å². The van der Waals surface area contributed by atoms with Gasteiger partial charge in [0.15, 0.2) is 0 Å². The fourth-order valence-corrected chi connectivity index (χ4v) is 1.97. The molecule has 0 saturated heterocycles. The van der Waals surface area contributed by atoms with Crippen molar-refractivity contribution < 1.29 is 4.79 Å². The van der Waals surface area contributed by atoms with E-state index in [4.69, 9.17) is 5.73 Å². The summed E-state index contributed by atoms with van der Waals surface area (Å²) in [4.78, 5) is 14.3. The Morgan fingerprint density at radius 3 is 2.25 bits per heavy atom. The van der Waals surface area contributed by atoms with E-state index in [2.05, 4.69) is 13.5 Å². The summed E-state index contributed by atoms with van der Waals surface area (Å²) in [5, 5.41) is 0. The number of nitrogens with zero attached hydrogens (tertiary/aromatic N) is 1. The van der Waals surface area contributed by atoms with Crippen LogP contribution in [0.5, 0.6) is 0 Å². The van der Waals surface area contributed by atoms with Crippen molar-refractivity contribution in [3.8, 4) is 0 Å². The van der Waals surface area contributed by atoms with Gasteiger partial charge < -0.3 is 10.6 Å². The number of carbonyl (C=O) groups excluding carboxylic acids is 1. The van der Waals surface area contributed by atoms with E-state index in [1.54, 1.807) is 6.08 Å². The van der Waals surface area contributed by atoms with Crippen LogP contribution in [0.2, 0.25) is 0 Å². The molecule has 3 heteroatoms. The smallest absolute Gasteiger partial charge is 0.230 e. The van der Waals surface area contributed by atoms with Gasteiger partial charge in [0, 0.05) is 19.6 Å². The molecule has 0 heterocycles. The molecule has 0 aliphatic heterocycles. The molecule has 0 rings (SSSR count). The van der Waals surface area contributed by atoms with Gasteiger partial charge in [0.1, 0.15) is 0 Å². The maximum Gasteiger partial charge on any atom is 0.230 e. The van der Waals surface area contributed by atoms with E-state index in [0.717, 1.165) is 25.8 Å². The van der Waals surface area contributed by atoms with Gasteiger partial charge >= 0.3 is 0 Å². The average molecular weight is 226 g/mol. The van der Waals surface area contributed by atoms with Crippen LogP contribution in [0.15, 0.2) is 12.7 Å². The first kappa shape index (κ1) is 15.2. The van der Waals surface area contributed by atoms with Gasteiger partial charge in [-0.2, -0.15) is 0 Å². The molecule has 16 heavy (non-hydrogen) atoms. The minimum Gasteiger partial charge on any atom is -0.338 e. The zero-order chi connectivity index (χ0) is 12.6. The Morgan fingerprint density at radius 1 is 1.38 bits per heavy atom. The lowest BCUT2D eigenvalue weighted by atomic mass is 9.81. The third kappa shape index (κ3) is 3.34. The minimum absolute atomic E-state index is 0.182. The van der Waals surface area contributed by atoms with Crippen molar-refractivity contribution in [2.24, 2.45) is 11.1 Å². The molecule has 0 fully saturated rings. The van der Waals surface area contributed by atoms with Gasteiger partial charge in [0.05, 0.1) is 5.41 Å². The highest BCUT2D eigenvalue weighted by molar-refractivity contribution is 5.83. The summed E-state index contributed by atoms with van der Waals surface area (Å²) in [6.45, 7) is 11.7. The van der Waals surface area contributed by atoms with E-state index in [-0.39, 0.29) is 11.3 Å². The maximum atomic E-state index is 12.4. The van der Waals surface area contributed by atoms with Crippen LogP contribution in [-0.4, -0.2) is 30.4 Å². The summed E-state index contributed by atoms with van der Waals surface area (Å²) < 4.78 is 0. The number of rotatable bonds is 8. The lowest BCUT2D eigenvalue weighted by molar-refractivity contribution is -0.141. The van der Waals surface area contributed by atoms with Gasteiger partial charge in [-0.25, -0.2) is 0 Å². The second kappa shape index (κ2) is 7.44. The second-order valence-electron chi connectivity index (χ2n) is 4.23. The Kier molecular flexibility index (Phi) is 7.06. The summed E-state index contributed by atoms with van der Waals surface area (Å²) in [7, 11) is 0. The first-order valence-corrected chi connectivity index (χ1v) is 6.22. The highest BCUT2D eigenvalue weighted by Gasteiger charge is 2.36. The first-order valence-electron chi connectivity index (χ1n) is 6.22. The van der Waals surface area contributed by atoms with Crippen LogP contribution < -0.4 is 5.73 Å². The van der Waals surface area contributed by atoms with Gasteiger partial charge in [-0.1, -0.05) is 26.8 Å². The number of hydrogen-bond donors (Lipinski definition) is 1. The average Bonchev–Trinajstić information content (AvgIpc) is 2.31. The van der Waals surface area contributed by atoms with E-state index >= 15 is 0 Å². The Bertz CT molecular complexity index is 214. The molecule has 0 aromatic carbocycles. The minimum atomic E-state index is -0.377.